The number of para-hydroxylation sites is 1. The molecule has 3 atom stereocenters. The second kappa shape index (κ2) is 6.76. The number of nitrogens with zero attached hydrogens (tertiary/aromatic N) is 1. The van der Waals surface area contributed by atoms with Crippen LogP contribution in [-0.4, -0.2) is 29.0 Å². The highest BCUT2D eigenvalue weighted by atomic mass is 19.1. The van der Waals surface area contributed by atoms with Crippen LogP contribution in [-0.2, 0) is 14.3 Å². The summed E-state index contributed by atoms with van der Waals surface area (Å²) >= 11 is 0. The summed E-state index contributed by atoms with van der Waals surface area (Å²) in [7, 11) is 0. The molecule has 0 radical (unpaired) electrons. The number of Topliss-reactive ketones (excluding diaryl/α,β-unsaturated/α-hetero) is 2. The van der Waals surface area contributed by atoms with Crippen LogP contribution in [0.4, 0.5) is 10.1 Å². The number of anilines is 1. The average molecular weight is 441 g/mol. The van der Waals surface area contributed by atoms with Crippen molar-refractivity contribution in [2.75, 3.05) is 4.90 Å². The predicted molar refractivity (Wildman–Crippen MR) is 114 cm³/mol. The van der Waals surface area contributed by atoms with Crippen molar-refractivity contribution in [3.8, 4) is 0 Å². The van der Waals surface area contributed by atoms with Gasteiger partial charge >= 0.3 is 0 Å². The lowest BCUT2D eigenvalue weighted by Crippen LogP contribution is -2.51. The van der Waals surface area contributed by atoms with Crippen molar-refractivity contribution in [1.82, 2.24) is 0 Å². The number of ether oxygens (including phenoxy) is 1. The molecule has 7 heteroatoms. The lowest BCUT2D eigenvalue weighted by atomic mass is 9.77. The largest absolute Gasteiger partial charge is 0.349 e. The Morgan fingerprint density at radius 1 is 0.727 bits per heavy atom. The predicted octanol–water partition coefficient (Wildman–Crippen LogP) is 3.52. The van der Waals surface area contributed by atoms with E-state index in [1.54, 1.807) is 42.5 Å². The van der Waals surface area contributed by atoms with E-state index in [1.165, 1.54) is 30.3 Å². The molecule has 3 aliphatic rings. The van der Waals surface area contributed by atoms with Crippen molar-refractivity contribution in [2.24, 2.45) is 11.8 Å². The molecule has 6 nitrogen and oxygen atoms in total. The SMILES string of the molecule is O=C1[C@H]2[C@H](c3ccccc3)OC3(C(=O)c4ccccc4C3=O)[C@H]2C(=O)N1c1ccccc1F. The van der Waals surface area contributed by atoms with Gasteiger partial charge in [0, 0.05) is 11.1 Å². The van der Waals surface area contributed by atoms with Gasteiger partial charge in [-0.15, -0.1) is 0 Å². The number of carbonyl (C=O) groups is 4. The van der Waals surface area contributed by atoms with E-state index in [0.717, 1.165) is 11.0 Å². The molecule has 2 saturated heterocycles. The molecule has 3 aromatic carbocycles. The number of hydrogen-bond donors (Lipinski definition) is 0. The van der Waals surface area contributed by atoms with Gasteiger partial charge < -0.3 is 4.74 Å². The highest BCUT2D eigenvalue weighted by molar-refractivity contribution is 6.37. The van der Waals surface area contributed by atoms with Gasteiger partial charge in [0.1, 0.15) is 5.82 Å². The van der Waals surface area contributed by atoms with Gasteiger partial charge in [0.15, 0.2) is 0 Å². The molecular weight excluding hydrogens is 425 g/mol. The van der Waals surface area contributed by atoms with Crippen LogP contribution < -0.4 is 4.90 Å². The van der Waals surface area contributed by atoms with E-state index in [1.807, 2.05) is 0 Å². The number of amides is 2. The fraction of sp³-hybridized carbons (Fsp3) is 0.154. The number of hydrogen-bond acceptors (Lipinski definition) is 5. The van der Waals surface area contributed by atoms with Crippen LogP contribution in [0.5, 0.6) is 0 Å². The van der Waals surface area contributed by atoms with E-state index in [2.05, 4.69) is 0 Å². The summed E-state index contributed by atoms with van der Waals surface area (Å²) in [4.78, 5) is 55.3. The molecular formula is C26H16FNO5. The second-order valence-electron chi connectivity index (χ2n) is 8.36. The highest BCUT2D eigenvalue weighted by Crippen LogP contribution is 2.57. The van der Waals surface area contributed by atoms with Gasteiger partial charge in [0.2, 0.25) is 29.0 Å². The monoisotopic (exact) mass is 441 g/mol. The maximum absolute atomic E-state index is 14.6. The lowest BCUT2D eigenvalue weighted by Gasteiger charge is -2.27. The van der Waals surface area contributed by atoms with Crippen molar-refractivity contribution < 1.29 is 28.3 Å². The molecule has 2 fully saturated rings. The summed E-state index contributed by atoms with van der Waals surface area (Å²) < 4.78 is 20.8. The first-order chi connectivity index (χ1) is 16.0. The first-order valence-corrected chi connectivity index (χ1v) is 10.5. The van der Waals surface area contributed by atoms with E-state index in [0.29, 0.717) is 5.56 Å². The van der Waals surface area contributed by atoms with Crippen LogP contribution in [0.2, 0.25) is 0 Å². The van der Waals surface area contributed by atoms with Crippen LogP contribution >= 0.6 is 0 Å². The lowest BCUT2D eigenvalue weighted by molar-refractivity contribution is -0.127. The highest BCUT2D eigenvalue weighted by Gasteiger charge is 2.74. The Balaban J connectivity index is 1.57. The Kier molecular flexibility index (Phi) is 4.04. The quantitative estimate of drug-likeness (QED) is 0.449. The third kappa shape index (κ3) is 2.40. The Labute approximate surface area is 187 Å². The maximum Gasteiger partial charge on any atom is 0.241 e. The summed E-state index contributed by atoms with van der Waals surface area (Å²) in [6, 6.07) is 20.4. The van der Waals surface area contributed by atoms with Gasteiger partial charge in [-0.25, -0.2) is 9.29 Å². The number of imide groups is 1. The third-order valence-corrected chi connectivity index (χ3v) is 6.74. The topological polar surface area (TPSA) is 80.8 Å². The van der Waals surface area contributed by atoms with Gasteiger partial charge in [-0.05, 0) is 17.7 Å². The number of ketones is 2. The van der Waals surface area contributed by atoms with Gasteiger partial charge in [0.05, 0.1) is 23.6 Å². The molecule has 6 rings (SSSR count). The van der Waals surface area contributed by atoms with Gasteiger partial charge in [-0.3, -0.25) is 19.2 Å². The first-order valence-electron chi connectivity index (χ1n) is 10.5. The van der Waals surface area contributed by atoms with Crippen LogP contribution in [0.15, 0.2) is 78.9 Å². The van der Waals surface area contributed by atoms with E-state index >= 15 is 0 Å². The van der Waals surface area contributed by atoms with E-state index < -0.39 is 52.7 Å². The van der Waals surface area contributed by atoms with Crippen molar-refractivity contribution in [3.05, 3.63) is 101 Å². The van der Waals surface area contributed by atoms with Crippen LogP contribution in [0.1, 0.15) is 32.4 Å². The molecule has 0 bridgehead atoms. The molecule has 0 aromatic heterocycles. The number of benzene rings is 3. The zero-order valence-corrected chi connectivity index (χ0v) is 17.1. The van der Waals surface area contributed by atoms with Gasteiger partial charge in [0.25, 0.3) is 0 Å². The molecule has 2 heterocycles. The fourth-order valence-corrected chi connectivity index (χ4v) is 5.33. The molecule has 1 aliphatic carbocycles. The Morgan fingerprint density at radius 3 is 1.94 bits per heavy atom. The minimum Gasteiger partial charge on any atom is -0.349 e. The minimum atomic E-state index is -2.17. The van der Waals surface area contributed by atoms with E-state index in [-0.39, 0.29) is 16.8 Å². The molecule has 162 valence electrons. The summed E-state index contributed by atoms with van der Waals surface area (Å²) in [6.07, 6.45) is -1.02. The van der Waals surface area contributed by atoms with Crippen LogP contribution in [0.3, 0.4) is 0 Å². The van der Waals surface area contributed by atoms with Crippen molar-refractivity contribution >= 4 is 29.1 Å². The summed E-state index contributed by atoms with van der Waals surface area (Å²) in [5.41, 5.74) is -1.52. The first kappa shape index (κ1) is 19.7. The second-order valence-corrected chi connectivity index (χ2v) is 8.36. The summed E-state index contributed by atoms with van der Waals surface area (Å²) in [5.74, 6) is -6.11. The Morgan fingerprint density at radius 2 is 1.30 bits per heavy atom. The zero-order valence-electron chi connectivity index (χ0n) is 17.1. The molecule has 2 amide bonds. The van der Waals surface area contributed by atoms with Crippen molar-refractivity contribution in [2.45, 2.75) is 11.7 Å². The molecule has 0 saturated carbocycles. The summed E-state index contributed by atoms with van der Waals surface area (Å²) in [6.45, 7) is 0. The number of fused-ring (bicyclic) bond motifs is 3. The van der Waals surface area contributed by atoms with Gasteiger partial charge in [-0.2, -0.15) is 0 Å². The smallest absolute Gasteiger partial charge is 0.241 e. The Bertz CT molecular complexity index is 1330. The number of halogens is 1. The molecule has 0 unspecified atom stereocenters. The maximum atomic E-state index is 14.6. The summed E-state index contributed by atoms with van der Waals surface area (Å²) in [5, 5.41) is 0. The van der Waals surface area contributed by atoms with Crippen molar-refractivity contribution in [1.29, 1.82) is 0 Å². The zero-order chi connectivity index (χ0) is 22.9. The van der Waals surface area contributed by atoms with Crippen LogP contribution in [0.25, 0.3) is 0 Å². The molecule has 0 N–H and O–H groups in total. The van der Waals surface area contributed by atoms with Gasteiger partial charge in [-0.1, -0.05) is 66.7 Å². The number of carbonyl (C=O) groups excluding carboxylic acids is 4. The third-order valence-electron chi connectivity index (χ3n) is 6.74. The standard InChI is InChI=1S/C26H16FNO5/c27-17-12-6-7-13-18(17)28-24(31)19-20(25(28)32)26(33-21(19)14-8-2-1-3-9-14)22(29)15-10-4-5-11-16(15)23(26)30/h1-13,19-21H/t19-,20-,21+/m1/s1. The molecule has 1 spiro atoms. The average Bonchev–Trinajstić information content (AvgIpc) is 3.40. The minimum absolute atomic E-state index is 0.152. The molecule has 33 heavy (non-hydrogen) atoms. The Hall–Kier alpha value is -3.97. The van der Waals surface area contributed by atoms with Crippen molar-refractivity contribution in [3.63, 3.8) is 0 Å². The fourth-order valence-electron chi connectivity index (χ4n) is 5.33. The van der Waals surface area contributed by atoms with Crippen LogP contribution in [0, 0.1) is 17.7 Å². The molecule has 3 aromatic rings. The number of rotatable bonds is 2. The normalized spacial score (nSPS) is 25.1. The molecule has 2 aliphatic heterocycles. The van der Waals surface area contributed by atoms with E-state index in [9.17, 15) is 23.6 Å². The van der Waals surface area contributed by atoms with E-state index in [4.69, 9.17) is 4.74 Å².